The van der Waals surface area contributed by atoms with Gasteiger partial charge in [0.25, 0.3) is 0 Å². The predicted octanol–water partition coefficient (Wildman–Crippen LogP) is 16.0. The lowest BCUT2D eigenvalue weighted by atomic mass is 9.79. The molecule has 0 bridgehead atoms. The first-order chi connectivity index (χ1) is 29.0. The van der Waals surface area contributed by atoms with Crippen molar-refractivity contribution in [1.29, 1.82) is 0 Å². The van der Waals surface area contributed by atoms with E-state index in [4.69, 9.17) is 4.42 Å². The van der Waals surface area contributed by atoms with Gasteiger partial charge in [0.2, 0.25) is 0 Å². The second-order valence-corrected chi connectivity index (χ2v) is 16.0. The maximum Gasteiger partial charge on any atom is 0.145 e. The van der Waals surface area contributed by atoms with Gasteiger partial charge in [0.15, 0.2) is 0 Å². The van der Waals surface area contributed by atoms with Crippen LogP contribution in [0.25, 0.3) is 77.6 Å². The number of furan rings is 1. The van der Waals surface area contributed by atoms with Crippen LogP contribution in [0.4, 0.5) is 17.1 Å². The number of nitrogens with zero attached hydrogens (tertiary/aromatic N) is 1. The van der Waals surface area contributed by atoms with Crippen molar-refractivity contribution in [3.05, 3.63) is 223 Å². The molecule has 0 fully saturated rings. The summed E-state index contributed by atoms with van der Waals surface area (Å²) in [7, 11) is 0. The SMILES string of the molecule is CC1(C)c2ccccc2-c2cccc(-c3ccc(N(c4ccccc4-c4ccc(-c5ccccc5)cc4)c4ccc(-c5ccccc5)c5oc6ccccc6c45)cc3)c21. The van der Waals surface area contributed by atoms with Crippen LogP contribution in [0.2, 0.25) is 0 Å². The highest BCUT2D eigenvalue weighted by molar-refractivity contribution is 6.17. The summed E-state index contributed by atoms with van der Waals surface area (Å²) in [5.74, 6) is 0. The van der Waals surface area contributed by atoms with Gasteiger partial charge in [-0.05, 0) is 92.0 Å². The van der Waals surface area contributed by atoms with Gasteiger partial charge in [-0.2, -0.15) is 0 Å². The Morgan fingerprint density at radius 3 is 1.69 bits per heavy atom. The lowest BCUT2D eigenvalue weighted by molar-refractivity contribution is 0.662. The Morgan fingerprint density at radius 1 is 0.373 bits per heavy atom. The fourth-order valence-electron chi connectivity index (χ4n) is 9.51. The fraction of sp³-hybridized carbons (Fsp3) is 0.0526. The topological polar surface area (TPSA) is 16.4 Å². The summed E-state index contributed by atoms with van der Waals surface area (Å²) in [5.41, 5.74) is 19.6. The third-order valence-electron chi connectivity index (χ3n) is 12.3. The summed E-state index contributed by atoms with van der Waals surface area (Å²) < 4.78 is 6.81. The number of hydrogen-bond acceptors (Lipinski definition) is 2. The molecule has 9 aromatic carbocycles. The van der Waals surface area contributed by atoms with E-state index in [1.807, 2.05) is 0 Å². The average molecular weight is 756 g/mol. The quantitative estimate of drug-likeness (QED) is 0.161. The van der Waals surface area contributed by atoms with Gasteiger partial charge in [-0.3, -0.25) is 0 Å². The van der Waals surface area contributed by atoms with E-state index < -0.39 is 0 Å². The Labute approximate surface area is 345 Å². The number of fused-ring (bicyclic) bond motifs is 6. The van der Waals surface area contributed by atoms with Crippen molar-refractivity contribution in [3.63, 3.8) is 0 Å². The Bertz CT molecular complexity index is 3160. The van der Waals surface area contributed by atoms with Crippen LogP contribution in [-0.4, -0.2) is 0 Å². The molecule has 59 heavy (non-hydrogen) atoms. The summed E-state index contributed by atoms with van der Waals surface area (Å²) in [4.78, 5) is 2.43. The molecule has 1 aromatic heterocycles. The molecule has 0 aliphatic heterocycles. The lowest BCUT2D eigenvalue weighted by Crippen LogP contribution is -2.16. The van der Waals surface area contributed by atoms with Crippen molar-refractivity contribution in [2.75, 3.05) is 4.90 Å². The molecule has 0 amide bonds. The number of rotatable bonds is 7. The predicted molar refractivity (Wildman–Crippen MR) is 248 cm³/mol. The van der Waals surface area contributed by atoms with Crippen LogP contribution in [0.3, 0.4) is 0 Å². The maximum absolute atomic E-state index is 6.81. The molecule has 1 aliphatic carbocycles. The normalized spacial score (nSPS) is 12.7. The molecule has 0 spiro atoms. The summed E-state index contributed by atoms with van der Waals surface area (Å²) in [6, 6.07) is 76.6. The van der Waals surface area contributed by atoms with Gasteiger partial charge in [0.1, 0.15) is 11.2 Å². The Balaban J connectivity index is 1.11. The van der Waals surface area contributed by atoms with Gasteiger partial charge >= 0.3 is 0 Å². The number of hydrogen-bond donors (Lipinski definition) is 0. The molecule has 0 saturated carbocycles. The van der Waals surface area contributed by atoms with E-state index in [0.29, 0.717) is 0 Å². The van der Waals surface area contributed by atoms with Gasteiger partial charge < -0.3 is 9.32 Å². The van der Waals surface area contributed by atoms with Crippen LogP contribution < -0.4 is 4.90 Å². The van der Waals surface area contributed by atoms with E-state index in [0.717, 1.165) is 61.3 Å². The summed E-state index contributed by atoms with van der Waals surface area (Å²) >= 11 is 0. The summed E-state index contributed by atoms with van der Waals surface area (Å²) in [6.45, 7) is 4.72. The first-order valence-electron chi connectivity index (χ1n) is 20.4. The van der Waals surface area contributed by atoms with E-state index in [1.54, 1.807) is 0 Å². The Kier molecular flexibility index (Phi) is 8.20. The van der Waals surface area contributed by atoms with Crippen molar-refractivity contribution in [1.82, 2.24) is 0 Å². The van der Waals surface area contributed by atoms with Gasteiger partial charge in [-0.25, -0.2) is 0 Å². The van der Waals surface area contributed by atoms with Crippen molar-refractivity contribution >= 4 is 39.0 Å². The van der Waals surface area contributed by atoms with Crippen LogP contribution in [0, 0.1) is 0 Å². The van der Waals surface area contributed by atoms with Crippen LogP contribution in [0.5, 0.6) is 0 Å². The minimum absolute atomic E-state index is 0.114. The Hall–Kier alpha value is -7.42. The van der Waals surface area contributed by atoms with Crippen molar-refractivity contribution < 1.29 is 4.42 Å². The molecule has 1 heterocycles. The van der Waals surface area contributed by atoms with E-state index >= 15 is 0 Å². The highest BCUT2D eigenvalue weighted by Gasteiger charge is 2.37. The first kappa shape index (κ1) is 34.8. The molecule has 0 radical (unpaired) electrons. The Morgan fingerprint density at radius 2 is 0.915 bits per heavy atom. The zero-order chi connectivity index (χ0) is 39.5. The number of para-hydroxylation sites is 2. The van der Waals surface area contributed by atoms with E-state index in [9.17, 15) is 0 Å². The standard InChI is InChI=1S/C57H41NO/c1-57(2)50-25-12-9-21-47(50)48-24-15-23-45(55(48)57)42-32-34-43(35-33-42)58(51-26-13-10-20-44(51)41-30-28-39(29-31-41)38-16-5-3-6-17-38)52-37-36-46(40-18-7-4-8-19-40)56-54(52)49-22-11-14-27-53(49)59-56/h3-37H,1-2H3. The highest BCUT2D eigenvalue weighted by Crippen LogP contribution is 2.53. The first-order valence-corrected chi connectivity index (χ1v) is 20.4. The van der Waals surface area contributed by atoms with E-state index in [-0.39, 0.29) is 5.41 Å². The zero-order valence-electron chi connectivity index (χ0n) is 33.1. The molecule has 0 N–H and O–H groups in total. The smallest absolute Gasteiger partial charge is 0.145 e. The second kappa shape index (κ2) is 13.9. The van der Waals surface area contributed by atoms with Crippen LogP contribution >= 0.6 is 0 Å². The lowest BCUT2D eigenvalue weighted by Gasteiger charge is -2.29. The highest BCUT2D eigenvalue weighted by atomic mass is 16.3. The molecule has 0 unspecified atom stereocenters. The number of anilines is 3. The average Bonchev–Trinajstić information content (AvgIpc) is 3.80. The largest absolute Gasteiger partial charge is 0.455 e. The molecule has 2 heteroatoms. The maximum atomic E-state index is 6.81. The molecular weight excluding hydrogens is 715 g/mol. The third-order valence-corrected chi connectivity index (χ3v) is 12.3. The molecule has 280 valence electrons. The van der Waals surface area contributed by atoms with Crippen LogP contribution in [-0.2, 0) is 5.41 Å². The monoisotopic (exact) mass is 755 g/mol. The number of benzene rings is 9. The molecule has 0 atom stereocenters. The van der Waals surface area contributed by atoms with Gasteiger partial charge in [0.05, 0.1) is 16.8 Å². The van der Waals surface area contributed by atoms with Crippen molar-refractivity contribution in [2.45, 2.75) is 19.3 Å². The molecular formula is C57H41NO. The molecule has 0 saturated heterocycles. The fourth-order valence-corrected chi connectivity index (χ4v) is 9.51. The summed E-state index contributed by atoms with van der Waals surface area (Å²) in [6.07, 6.45) is 0. The van der Waals surface area contributed by atoms with Crippen molar-refractivity contribution in [3.8, 4) is 55.6 Å². The molecule has 11 rings (SSSR count). The minimum Gasteiger partial charge on any atom is -0.455 e. The van der Waals surface area contributed by atoms with Gasteiger partial charge in [0, 0.05) is 27.6 Å². The van der Waals surface area contributed by atoms with Crippen LogP contribution in [0.1, 0.15) is 25.0 Å². The molecule has 2 nitrogen and oxygen atoms in total. The van der Waals surface area contributed by atoms with Gasteiger partial charge in [-0.1, -0.05) is 190 Å². The van der Waals surface area contributed by atoms with E-state index in [2.05, 4.69) is 231 Å². The minimum atomic E-state index is -0.114. The third kappa shape index (κ3) is 5.71. The summed E-state index contributed by atoms with van der Waals surface area (Å²) in [5, 5.41) is 2.17. The molecule has 10 aromatic rings. The van der Waals surface area contributed by atoms with E-state index in [1.165, 1.54) is 44.5 Å². The van der Waals surface area contributed by atoms with Crippen LogP contribution in [0.15, 0.2) is 217 Å². The second-order valence-electron chi connectivity index (χ2n) is 16.0. The zero-order valence-corrected chi connectivity index (χ0v) is 33.1. The van der Waals surface area contributed by atoms with Gasteiger partial charge in [-0.15, -0.1) is 0 Å². The van der Waals surface area contributed by atoms with Crippen molar-refractivity contribution in [2.24, 2.45) is 0 Å². The molecule has 1 aliphatic rings.